The van der Waals surface area contributed by atoms with Crippen LogP contribution in [0.1, 0.15) is 41.6 Å². The lowest BCUT2D eigenvalue weighted by Crippen LogP contribution is -2.27. The van der Waals surface area contributed by atoms with Crippen LogP contribution in [0.2, 0.25) is 10.0 Å². The van der Waals surface area contributed by atoms with Gasteiger partial charge in [0.1, 0.15) is 17.0 Å². The minimum atomic E-state index is -0.368. The van der Waals surface area contributed by atoms with Crippen LogP contribution >= 0.6 is 23.2 Å². The molecule has 6 nitrogen and oxygen atoms in total. The van der Waals surface area contributed by atoms with Gasteiger partial charge in [-0.2, -0.15) is 0 Å². The first-order valence-electron chi connectivity index (χ1n) is 8.87. The van der Waals surface area contributed by atoms with E-state index in [9.17, 15) is 9.59 Å². The van der Waals surface area contributed by atoms with Crippen molar-refractivity contribution in [2.75, 3.05) is 5.32 Å². The molecule has 0 spiro atoms. The number of nitrogens with one attached hydrogen (secondary N) is 2. The Hall–Kier alpha value is -2.83. The van der Waals surface area contributed by atoms with E-state index in [4.69, 9.17) is 27.7 Å². The van der Waals surface area contributed by atoms with Gasteiger partial charge in [-0.25, -0.2) is 0 Å². The molecule has 0 saturated heterocycles. The lowest BCUT2D eigenvalue weighted by atomic mass is 10.0. The Morgan fingerprint density at radius 1 is 1.10 bits per heavy atom. The predicted molar refractivity (Wildman–Crippen MR) is 113 cm³/mol. The number of amides is 2. The minimum Gasteiger partial charge on any atom is -0.360 e. The molecule has 8 heteroatoms. The summed E-state index contributed by atoms with van der Waals surface area (Å²) in [4.78, 5) is 24.3. The largest absolute Gasteiger partial charge is 0.360 e. The highest BCUT2D eigenvalue weighted by molar-refractivity contribution is 6.39. The first-order valence-corrected chi connectivity index (χ1v) is 9.62. The van der Waals surface area contributed by atoms with Gasteiger partial charge < -0.3 is 15.2 Å². The molecule has 0 aliphatic heterocycles. The Morgan fingerprint density at radius 2 is 1.76 bits per heavy atom. The summed E-state index contributed by atoms with van der Waals surface area (Å²) in [5.74, 6) is -0.181. The molecular weight excluding hydrogens is 413 g/mol. The third-order valence-corrected chi connectivity index (χ3v) is 4.97. The Labute approximate surface area is 178 Å². The summed E-state index contributed by atoms with van der Waals surface area (Å²) in [6.07, 6.45) is 0. The topological polar surface area (TPSA) is 84.2 Å². The quantitative estimate of drug-likeness (QED) is 0.565. The molecule has 2 N–H and O–H groups in total. The highest BCUT2D eigenvalue weighted by Gasteiger charge is 2.26. The van der Waals surface area contributed by atoms with Gasteiger partial charge >= 0.3 is 0 Å². The SMILES string of the molecule is CC(=O)Nc1cccc(C(C)NC(=O)c2c(-c3c(Cl)cccc3Cl)noc2C)c1. The number of aryl methyl sites for hydroxylation is 1. The molecule has 1 heterocycles. The van der Waals surface area contributed by atoms with Gasteiger partial charge in [-0.05, 0) is 43.7 Å². The molecule has 0 saturated carbocycles. The van der Waals surface area contributed by atoms with Crippen molar-refractivity contribution in [1.82, 2.24) is 10.5 Å². The first kappa shape index (κ1) is 20.9. The Balaban J connectivity index is 1.89. The van der Waals surface area contributed by atoms with Crippen LogP contribution < -0.4 is 10.6 Å². The molecule has 1 atom stereocenters. The monoisotopic (exact) mass is 431 g/mol. The number of nitrogens with zero attached hydrogens (tertiary/aromatic N) is 1. The number of halogens is 2. The Bertz CT molecular complexity index is 1060. The molecule has 2 amide bonds. The van der Waals surface area contributed by atoms with Crippen molar-refractivity contribution in [2.24, 2.45) is 0 Å². The second kappa shape index (κ2) is 8.68. The summed E-state index contributed by atoms with van der Waals surface area (Å²) in [5.41, 5.74) is 2.48. The van der Waals surface area contributed by atoms with Crippen LogP contribution in [0.5, 0.6) is 0 Å². The summed E-state index contributed by atoms with van der Waals surface area (Å²) < 4.78 is 5.26. The number of carbonyl (C=O) groups excluding carboxylic acids is 2. The lowest BCUT2D eigenvalue weighted by molar-refractivity contribution is -0.114. The maximum atomic E-state index is 13.0. The fraction of sp³-hybridized carbons (Fsp3) is 0.190. The second-order valence-corrected chi connectivity index (χ2v) is 7.38. The standard InChI is InChI=1S/C21H19Cl2N3O3/c1-11(14-6-4-7-15(10-14)25-13(3)27)24-21(28)18-12(2)29-26-20(18)19-16(22)8-5-9-17(19)23/h4-11H,1-3H3,(H,24,28)(H,25,27). The number of carbonyl (C=O) groups is 2. The molecule has 1 aromatic heterocycles. The summed E-state index contributed by atoms with van der Waals surface area (Å²) >= 11 is 12.6. The molecule has 1 unspecified atom stereocenters. The van der Waals surface area contributed by atoms with Gasteiger partial charge in [-0.3, -0.25) is 9.59 Å². The number of hydrogen-bond donors (Lipinski definition) is 2. The zero-order chi connectivity index (χ0) is 21.1. The van der Waals surface area contributed by atoms with Crippen LogP contribution in [0.15, 0.2) is 47.0 Å². The van der Waals surface area contributed by atoms with Crippen molar-refractivity contribution in [2.45, 2.75) is 26.8 Å². The van der Waals surface area contributed by atoms with Crippen LogP contribution in [0.4, 0.5) is 5.69 Å². The van der Waals surface area contributed by atoms with E-state index in [2.05, 4.69) is 15.8 Å². The van der Waals surface area contributed by atoms with E-state index in [-0.39, 0.29) is 29.1 Å². The number of benzene rings is 2. The summed E-state index contributed by atoms with van der Waals surface area (Å²) in [7, 11) is 0. The van der Waals surface area contributed by atoms with Crippen LogP contribution in [0, 0.1) is 6.92 Å². The predicted octanol–water partition coefficient (Wildman–Crippen LogP) is 5.41. The van der Waals surface area contributed by atoms with E-state index in [1.54, 1.807) is 37.3 Å². The first-order chi connectivity index (χ1) is 13.8. The number of hydrogen-bond acceptors (Lipinski definition) is 4. The number of anilines is 1. The molecule has 150 valence electrons. The van der Waals surface area contributed by atoms with Gasteiger partial charge in [0.25, 0.3) is 5.91 Å². The van der Waals surface area contributed by atoms with E-state index >= 15 is 0 Å². The molecule has 0 aliphatic carbocycles. The third-order valence-electron chi connectivity index (χ3n) is 4.34. The van der Waals surface area contributed by atoms with E-state index in [0.717, 1.165) is 5.56 Å². The molecule has 3 aromatic rings. The zero-order valence-corrected chi connectivity index (χ0v) is 17.6. The van der Waals surface area contributed by atoms with Crippen molar-refractivity contribution in [1.29, 1.82) is 0 Å². The van der Waals surface area contributed by atoms with Crippen LogP contribution in [0.25, 0.3) is 11.3 Å². The summed E-state index contributed by atoms with van der Waals surface area (Å²) in [6.45, 7) is 4.93. The molecule has 0 bridgehead atoms. The number of aromatic nitrogens is 1. The molecule has 2 aromatic carbocycles. The molecule has 0 radical (unpaired) electrons. The van der Waals surface area contributed by atoms with E-state index in [0.29, 0.717) is 27.1 Å². The van der Waals surface area contributed by atoms with Crippen molar-refractivity contribution in [3.8, 4) is 11.3 Å². The van der Waals surface area contributed by atoms with Gasteiger partial charge in [0.2, 0.25) is 5.91 Å². The molecule has 3 rings (SSSR count). The fourth-order valence-electron chi connectivity index (χ4n) is 2.98. The van der Waals surface area contributed by atoms with E-state index in [1.165, 1.54) is 6.92 Å². The summed E-state index contributed by atoms with van der Waals surface area (Å²) in [5, 5.41) is 10.4. The maximum absolute atomic E-state index is 13.0. The Kier molecular flexibility index (Phi) is 6.25. The van der Waals surface area contributed by atoms with Crippen LogP contribution in [0.3, 0.4) is 0 Å². The van der Waals surface area contributed by atoms with Crippen LogP contribution in [-0.2, 0) is 4.79 Å². The van der Waals surface area contributed by atoms with Gasteiger partial charge in [0.05, 0.1) is 16.1 Å². The summed E-state index contributed by atoms with van der Waals surface area (Å²) in [6, 6.07) is 12.0. The van der Waals surface area contributed by atoms with Gasteiger partial charge in [0, 0.05) is 18.2 Å². The normalized spacial score (nSPS) is 11.8. The number of rotatable bonds is 5. The average molecular weight is 432 g/mol. The minimum absolute atomic E-state index is 0.166. The van der Waals surface area contributed by atoms with E-state index < -0.39 is 0 Å². The molecule has 0 fully saturated rings. The van der Waals surface area contributed by atoms with Gasteiger partial charge in [-0.1, -0.05) is 46.6 Å². The third kappa shape index (κ3) is 4.60. The van der Waals surface area contributed by atoms with Crippen LogP contribution in [-0.4, -0.2) is 17.0 Å². The van der Waals surface area contributed by atoms with Crippen molar-refractivity contribution in [3.63, 3.8) is 0 Å². The molecule has 29 heavy (non-hydrogen) atoms. The maximum Gasteiger partial charge on any atom is 0.257 e. The Morgan fingerprint density at radius 3 is 2.41 bits per heavy atom. The van der Waals surface area contributed by atoms with Crippen molar-refractivity contribution >= 4 is 40.7 Å². The van der Waals surface area contributed by atoms with Gasteiger partial charge in [0.15, 0.2) is 0 Å². The van der Waals surface area contributed by atoms with Crippen molar-refractivity contribution in [3.05, 3.63) is 69.4 Å². The lowest BCUT2D eigenvalue weighted by Gasteiger charge is -2.16. The smallest absolute Gasteiger partial charge is 0.257 e. The van der Waals surface area contributed by atoms with Gasteiger partial charge in [-0.15, -0.1) is 0 Å². The second-order valence-electron chi connectivity index (χ2n) is 6.56. The average Bonchev–Trinajstić information content (AvgIpc) is 3.02. The molecule has 0 aliphatic rings. The fourth-order valence-corrected chi connectivity index (χ4v) is 3.55. The highest BCUT2D eigenvalue weighted by Crippen LogP contribution is 2.36. The van der Waals surface area contributed by atoms with Crippen molar-refractivity contribution < 1.29 is 14.1 Å². The highest BCUT2D eigenvalue weighted by atomic mass is 35.5. The zero-order valence-electron chi connectivity index (χ0n) is 16.0. The molecular formula is C21H19Cl2N3O3. The van der Waals surface area contributed by atoms with E-state index in [1.807, 2.05) is 19.1 Å².